The third-order valence-electron chi connectivity index (χ3n) is 10.2. The molecule has 0 aliphatic heterocycles. The van der Waals surface area contributed by atoms with E-state index in [1.54, 1.807) is 0 Å². The molecule has 0 aliphatic rings. The van der Waals surface area contributed by atoms with Gasteiger partial charge in [-0.05, 0) is 70.1 Å². The van der Waals surface area contributed by atoms with Crippen molar-refractivity contribution in [1.29, 1.82) is 0 Å². The Balaban J connectivity index is 1.15. The summed E-state index contributed by atoms with van der Waals surface area (Å²) >= 11 is 0. The maximum absolute atomic E-state index is 6.44. The van der Waals surface area contributed by atoms with Crippen LogP contribution < -0.4 is 0 Å². The Morgan fingerprint density at radius 3 is 1.63 bits per heavy atom. The van der Waals surface area contributed by atoms with Crippen LogP contribution in [0, 0.1) is 0 Å². The van der Waals surface area contributed by atoms with Crippen LogP contribution in [0.2, 0.25) is 0 Å². The molecule has 0 atom stereocenters. The predicted octanol–water partition coefficient (Wildman–Crippen LogP) is 12.2. The quantitative estimate of drug-likeness (QED) is 0.188. The Morgan fingerprint density at radius 2 is 0.923 bits per heavy atom. The van der Waals surface area contributed by atoms with Gasteiger partial charge in [0.25, 0.3) is 0 Å². The highest BCUT2D eigenvalue weighted by Gasteiger charge is 2.19. The van der Waals surface area contributed by atoms with Crippen LogP contribution in [0.1, 0.15) is 0 Å². The molecule has 0 N–H and O–H groups in total. The van der Waals surface area contributed by atoms with Crippen molar-refractivity contribution in [3.05, 3.63) is 170 Å². The molecule has 11 aromatic rings. The molecule has 5 heteroatoms. The first kappa shape index (κ1) is 28.7. The van der Waals surface area contributed by atoms with Crippen LogP contribution in [0.15, 0.2) is 174 Å². The van der Waals surface area contributed by atoms with E-state index in [0.717, 1.165) is 55.3 Å². The van der Waals surface area contributed by atoms with Crippen LogP contribution in [0.3, 0.4) is 0 Å². The molecule has 0 saturated carbocycles. The number of fused-ring (bicyclic) bond motifs is 8. The lowest BCUT2D eigenvalue weighted by molar-refractivity contribution is 0.669. The fourth-order valence-corrected chi connectivity index (χ4v) is 7.72. The van der Waals surface area contributed by atoms with E-state index < -0.39 is 0 Å². The molecule has 3 aromatic heterocycles. The lowest BCUT2D eigenvalue weighted by Crippen LogP contribution is -2.01. The number of benzene rings is 8. The monoisotopic (exact) mass is 664 g/mol. The molecule has 242 valence electrons. The van der Waals surface area contributed by atoms with Gasteiger partial charge in [0.05, 0.1) is 16.6 Å². The minimum absolute atomic E-state index is 0.564. The minimum atomic E-state index is 0.564. The maximum Gasteiger partial charge on any atom is 0.167 e. The van der Waals surface area contributed by atoms with Gasteiger partial charge in [0.1, 0.15) is 11.2 Å². The van der Waals surface area contributed by atoms with Crippen molar-refractivity contribution >= 4 is 65.3 Å². The number of rotatable bonds is 4. The van der Waals surface area contributed by atoms with Gasteiger partial charge < -0.3 is 8.98 Å². The predicted molar refractivity (Wildman–Crippen MR) is 213 cm³/mol. The Kier molecular flexibility index (Phi) is 6.18. The molecule has 8 aromatic carbocycles. The van der Waals surface area contributed by atoms with Crippen LogP contribution in [0.25, 0.3) is 105 Å². The molecule has 0 radical (unpaired) electrons. The molecule has 11 rings (SSSR count). The van der Waals surface area contributed by atoms with E-state index in [1.807, 2.05) is 60.7 Å². The molecule has 0 fully saturated rings. The number of hydrogen-bond donors (Lipinski definition) is 0. The first-order valence-corrected chi connectivity index (χ1v) is 17.4. The molecule has 0 bridgehead atoms. The van der Waals surface area contributed by atoms with E-state index in [9.17, 15) is 0 Å². The third-order valence-corrected chi connectivity index (χ3v) is 10.2. The van der Waals surface area contributed by atoms with Crippen LogP contribution in [-0.4, -0.2) is 19.5 Å². The average molecular weight is 665 g/mol. The summed E-state index contributed by atoms with van der Waals surface area (Å²) < 4.78 is 8.81. The van der Waals surface area contributed by atoms with E-state index in [-0.39, 0.29) is 0 Å². The molecular weight excluding hydrogens is 637 g/mol. The summed E-state index contributed by atoms with van der Waals surface area (Å²) in [6.07, 6.45) is 0. The standard InChI is InChI=1S/C47H28N4O/c1-2-12-29(13-3-1)45-48-46(50-47(49-45)38-22-11-21-37-36-20-8-9-23-43(36)52-44(37)38)34-18-10-19-35(24-34)51-41-27-32-16-6-4-14-30(32)25-39(41)40-26-31-15-5-7-17-33(31)28-42(40)51/h1-28H. The smallest absolute Gasteiger partial charge is 0.167 e. The van der Waals surface area contributed by atoms with E-state index in [4.69, 9.17) is 19.4 Å². The lowest BCUT2D eigenvalue weighted by Gasteiger charge is -2.12. The van der Waals surface area contributed by atoms with Crippen molar-refractivity contribution in [3.8, 4) is 39.9 Å². The van der Waals surface area contributed by atoms with Crippen molar-refractivity contribution < 1.29 is 4.42 Å². The van der Waals surface area contributed by atoms with E-state index in [0.29, 0.717) is 17.5 Å². The number of furan rings is 1. The summed E-state index contributed by atoms with van der Waals surface area (Å²) in [5.74, 6) is 1.76. The highest BCUT2D eigenvalue weighted by molar-refractivity contribution is 6.17. The molecule has 0 amide bonds. The van der Waals surface area contributed by atoms with E-state index in [1.165, 1.54) is 32.3 Å². The molecule has 0 saturated heterocycles. The largest absolute Gasteiger partial charge is 0.455 e. The highest BCUT2D eigenvalue weighted by atomic mass is 16.3. The van der Waals surface area contributed by atoms with Crippen molar-refractivity contribution in [1.82, 2.24) is 19.5 Å². The molecule has 0 unspecified atom stereocenters. The zero-order valence-electron chi connectivity index (χ0n) is 27.9. The summed E-state index contributed by atoms with van der Waals surface area (Å²) in [5, 5.41) is 9.39. The lowest BCUT2D eigenvalue weighted by atomic mass is 10.0. The van der Waals surface area contributed by atoms with Crippen LogP contribution in [0.4, 0.5) is 0 Å². The van der Waals surface area contributed by atoms with Gasteiger partial charge in [-0.3, -0.25) is 0 Å². The second kappa shape index (κ2) is 11.2. The molecule has 52 heavy (non-hydrogen) atoms. The third kappa shape index (κ3) is 4.46. The summed E-state index contributed by atoms with van der Waals surface area (Å²) in [7, 11) is 0. The van der Waals surface area contributed by atoms with Gasteiger partial charge in [-0.15, -0.1) is 0 Å². The van der Waals surface area contributed by atoms with Crippen molar-refractivity contribution in [3.63, 3.8) is 0 Å². The fraction of sp³-hybridized carbons (Fsp3) is 0. The highest BCUT2D eigenvalue weighted by Crippen LogP contribution is 2.39. The van der Waals surface area contributed by atoms with Crippen molar-refractivity contribution in [2.45, 2.75) is 0 Å². The Morgan fingerprint density at radius 1 is 0.385 bits per heavy atom. The van der Waals surface area contributed by atoms with Gasteiger partial charge in [-0.25, -0.2) is 15.0 Å². The molecule has 3 heterocycles. The first-order valence-electron chi connectivity index (χ1n) is 17.4. The van der Waals surface area contributed by atoms with Gasteiger partial charge in [0.2, 0.25) is 0 Å². The average Bonchev–Trinajstić information content (AvgIpc) is 3.74. The number of nitrogens with zero attached hydrogens (tertiary/aromatic N) is 4. The summed E-state index contributed by atoms with van der Waals surface area (Å²) in [4.78, 5) is 15.3. The van der Waals surface area contributed by atoms with Gasteiger partial charge >= 0.3 is 0 Å². The van der Waals surface area contributed by atoms with Crippen molar-refractivity contribution in [2.75, 3.05) is 0 Å². The van der Waals surface area contributed by atoms with E-state index >= 15 is 0 Å². The van der Waals surface area contributed by atoms with Gasteiger partial charge in [-0.1, -0.05) is 121 Å². The fourth-order valence-electron chi connectivity index (χ4n) is 7.72. The van der Waals surface area contributed by atoms with Gasteiger partial charge in [0.15, 0.2) is 17.5 Å². The SMILES string of the molecule is c1ccc(-c2nc(-c3cccc(-n4c5cc6ccccc6cc5c5cc6ccccc6cc54)c3)nc(-c3cccc4c3oc3ccccc34)n2)cc1. The molecule has 0 aliphatic carbocycles. The Bertz CT molecular complexity index is 3100. The van der Waals surface area contributed by atoms with Crippen molar-refractivity contribution in [2.24, 2.45) is 0 Å². The second-order valence-corrected chi connectivity index (χ2v) is 13.3. The molecular formula is C47H28N4O. The first-order chi connectivity index (χ1) is 25.7. The summed E-state index contributed by atoms with van der Waals surface area (Å²) in [5.41, 5.74) is 7.57. The van der Waals surface area contributed by atoms with Crippen LogP contribution in [-0.2, 0) is 0 Å². The second-order valence-electron chi connectivity index (χ2n) is 13.3. The maximum atomic E-state index is 6.44. The molecule has 0 spiro atoms. The zero-order valence-corrected chi connectivity index (χ0v) is 27.9. The van der Waals surface area contributed by atoms with Gasteiger partial charge in [0, 0.05) is 38.4 Å². The van der Waals surface area contributed by atoms with Gasteiger partial charge in [-0.2, -0.15) is 0 Å². The topological polar surface area (TPSA) is 56.7 Å². The van der Waals surface area contributed by atoms with Crippen LogP contribution >= 0.6 is 0 Å². The summed E-state index contributed by atoms with van der Waals surface area (Å²) in [6, 6.07) is 59.3. The number of aromatic nitrogens is 4. The molecule has 5 nitrogen and oxygen atoms in total. The minimum Gasteiger partial charge on any atom is -0.455 e. The normalized spacial score (nSPS) is 11.8. The summed E-state index contributed by atoms with van der Waals surface area (Å²) in [6.45, 7) is 0. The number of para-hydroxylation sites is 2. The van der Waals surface area contributed by atoms with Crippen LogP contribution in [0.5, 0.6) is 0 Å². The zero-order chi connectivity index (χ0) is 34.2. The Hall–Kier alpha value is -7.11. The Labute approximate surface area is 298 Å². The van der Waals surface area contributed by atoms with E-state index in [2.05, 4.69) is 114 Å². The number of hydrogen-bond acceptors (Lipinski definition) is 4.